The van der Waals surface area contributed by atoms with E-state index in [9.17, 15) is 13.6 Å². The zero-order valence-electron chi connectivity index (χ0n) is 17.4. The molecule has 0 radical (unpaired) electrons. The Morgan fingerprint density at radius 2 is 2.00 bits per heavy atom. The van der Waals surface area contributed by atoms with E-state index in [4.69, 9.17) is 5.73 Å². The molecule has 0 saturated carbocycles. The Morgan fingerprint density at radius 1 is 1.19 bits per heavy atom. The van der Waals surface area contributed by atoms with Crippen LogP contribution >= 0.6 is 0 Å². The molecule has 0 atom stereocenters. The second-order valence-electron chi connectivity index (χ2n) is 7.53. The van der Waals surface area contributed by atoms with E-state index in [2.05, 4.69) is 15.0 Å². The summed E-state index contributed by atoms with van der Waals surface area (Å²) >= 11 is 0. The summed E-state index contributed by atoms with van der Waals surface area (Å²) in [5, 5.41) is 0. The van der Waals surface area contributed by atoms with Crippen molar-refractivity contribution in [2.45, 2.75) is 20.4 Å². The maximum atomic E-state index is 14.9. The molecule has 5 aromatic rings. The van der Waals surface area contributed by atoms with Gasteiger partial charge in [0, 0.05) is 25.0 Å². The quantitative estimate of drug-likeness (QED) is 0.467. The number of imidazole rings is 2. The first-order valence-electron chi connectivity index (χ1n) is 10.0. The molecule has 8 nitrogen and oxygen atoms in total. The van der Waals surface area contributed by atoms with Crippen molar-refractivity contribution in [3.05, 3.63) is 71.6 Å². The van der Waals surface area contributed by atoms with Gasteiger partial charge in [-0.05, 0) is 32.0 Å². The van der Waals surface area contributed by atoms with Crippen LogP contribution < -0.4 is 5.73 Å². The molecule has 1 amide bonds. The lowest BCUT2D eigenvalue weighted by atomic mass is 10.1. The first kappa shape index (κ1) is 19.9. The van der Waals surface area contributed by atoms with Crippen molar-refractivity contribution < 1.29 is 13.6 Å². The molecule has 32 heavy (non-hydrogen) atoms. The fourth-order valence-electron chi connectivity index (χ4n) is 3.90. The molecular weight excluding hydrogens is 416 g/mol. The summed E-state index contributed by atoms with van der Waals surface area (Å²) in [6, 6.07) is 5.54. The largest absolute Gasteiger partial charge is 0.382 e. The van der Waals surface area contributed by atoms with Crippen LogP contribution in [0, 0.1) is 18.6 Å². The van der Waals surface area contributed by atoms with E-state index in [1.165, 1.54) is 29.3 Å². The summed E-state index contributed by atoms with van der Waals surface area (Å²) in [6.07, 6.45) is 4.53. The molecule has 0 aliphatic carbocycles. The number of pyridine rings is 1. The van der Waals surface area contributed by atoms with Crippen molar-refractivity contribution in [2.75, 3.05) is 12.3 Å². The van der Waals surface area contributed by atoms with E-state index >= 15 is 0 Å². The molecule has 2 N–H and O–H groups in total. The lowest BCUT2D eigenvalue weighted by molar-refractivity contribution is 0.0746. The summed E-state index contributed by atoms with van der Waals surface area (Å²) in [5.74, 6) is -1.33. The molecule has 0 spiro atoms. The molecule has 0 bridgehead atoms. The minimum atomic E-state index is -0.693. The maximum absolute atomic E-state index is 14.9. The van der Waals surface area contributed by atoms with Crippen LogP contribution in [0.15, 0.2) is 43.0 Å². The lowest BCUT2D eigenvalue weighted by Crippen LogP contribution is -2.31. The number of nitrogens with zero attached hydrogens (tertiary/aromatic N) is 6. The highest BCUT2D eigenvalue weighted by Crippen LogP contribution is 2.25. The Morgan fingerprint density at radius 3 is 2.78 bits per heavy atom. The van der Waals surface area contributed by atoms with Gasteiger partial charge in [0.05, 0.1) is 34.5 Å². The predicted molar refractivity (Wildman–Crippen MR) is 115 cm³/mol. The molecule has 0 saturated heterocycles. The van der Waals surface area contributed by atoms with E-state index < -0.39 is 17.5 Å². The minimum Gasteiger partial charge on any atom is -0.382 e. The van der Waals surface area contributed by atoms with Crippen molar-refractivity contribution in [1.29, 1.82) is 0 Å². The fourth-order valence-corrected chi connectivity index (χ4v) is 3.90. The Balaban J connectivity index is 1.55. The number of benzene rings is 1. The number of amides is 1. The Bertz CT molecular complexity index is 1520. The molecule has 5 rings (SSSR count). The van der Waals surface area contributed by atoms with E-state index in [1.54, 1.807) is 41.2 Å². The highest BCUT2D eigenvalue weighted by molar-refractivity contribution is 5.98. The molecular formula is C22H19F2N7O. The van der Waals surface area contributed by atoms with Crippen LogP contribution in [0.25, 0.3) is 22.2 Å². The first-order valence-corrected chi connectivity index (χ1v) is 10.0. The van der Waals surface area contributed by atoms with Crippen molar-refractivity contribution in [3.63, 3.8) is 0 Å². The van der Waals surface area contributed by atoms with Crippen LogP contribution in [0.4, 0.5) is 14.6 Å². The van der Waals surface area contributed by atoms with Crippen LogP contribution in [-0.2, 0) is 6.54 Å². The first-order chi connectivity index (χ1) is 15.4. The van der Waals surface area contributed by atoms with Crippen molar-refractivity contribution in [2.24, 2.45) is 0 Å². The summed E-state index contributed by atoms with van der Waals surface area (Å²) in [5.41, 5.74) is 9.20. The monoisotopic (exact) mass is 435 g/mol. The van der Waals surface area contributed by atoms with Gasteiger partial charge in [0.15, 0.2) is 0 Å². The zero-order chi connectivity index (χ0) is 22.6. The standard InChI is InChI=1S/C22H19F2N7O/c1-3-29(9-14-10-30-8-13(23)4-5-19(30)27-14)22(32)15-6-18-17(7-16(15)24)28-21(25)20-12(2)26-11-31(18)20/h4-8,10-11H,3,9H2,1-2H3,(H2,25,28). The van der Waals surface area contributed by atoms with Crippen molar-refractivity contribution in [3.8, 4) is 0 Å². The Kier molecular flexibility index (Phi) is 4.50. The normalized spacial score (nSPS) is 11.6. The van der Waals surface area contributed by atoms with E-state index in [0.717, 1.165) is 0 Å². The van der Waals surface area contributed by atoms with Crippen LogP contribution in [-0.4, -0.2) is 41.1 Å². The predicted octanol–water partition coefficient (Wildman–Crippen LogP) is 3.36. The van der Waals surface area contributed by atoms with Crippen LogP contribution in [0.1, 0.15) is 28.7 Å². The molecule has 0 aliphatic rings. The number of nitrogens with two attached hydrogens (primary N) is 1. The topological polar surface area (TPSA) is 93.8 Å². The van der Waals surface area contributed by atoms with Gasteiger partial charge in [-0.1, -0.05) is 0 Å². The molecule has 0 unspecified atom stereocenters. The number of aryl methyl sites for hydroxylation is 1. The van der Waals surface area contributed by atoms with Crippen molar-refractivity contribution in [1.82, 2.24) is 28.7 Å². The van der Waals surface area contributed by atoms with Gasteiger partial charge in [-0.25, -0.2) is 23.7 Å². The SMILES string of the molecule is CCN(Cc1cn2cc(F)ccc2n1)C(=O)c1cc2c(cc1F)nc(N)c1c(C)ncn12. The van der Waals surface area contributed by atoms with Gasteiger partial charge in [0.2, 0.25) is 0 Å². The molecule has 1 aromatic carbocycles. The summed E-state index contributed by atoms with van der Waals surface area (Å²) < 4.78 is 31.7. The third-order valence-electron chi connectivity index (χ3n) is 5.47. The molecule has 0 aliphatic heterocycles. The zero-order valence-corrected chi connectivity index (χ0v) is 17.4. The number of nitrogen functional groups attached to an aromatic ring is 1. The summed E-state index contributed by atoms with van der Waals surface area (Å²) in [6.45, 7) is 4.08. The highest BCUT2D eigenvalue weighted by Gasteiger charge is 2.22. The van der Waals surface area contributed by atoms with E-state index in [1.807, 2.05) is 0 Å². The number of hydrogen-bond donors (Lipinski definition) is 1. The molecule has 162 valence electrons. The number of carbonyl (C=O) groups excluding carboxylic acids is 1. The van der Waals surface area contributed by atoms with E-state index in [-0.39, 0.29) is 17.9 Å². The number of hydrogen-bond acceptors (Lipinski definition) is 5. The minimum absolute atomic E-state index is 0.0895. The average Bonchev–Trinajstić information content (AvgIpc) is 3.34. The van der Waals surface area contributed by atoms with Gasteiger partial charge in [-0.15, -0.1) is 0 Å². The van der Waals surface area contributed by atoms with Crippen LogP contribution in [0.3, 0.4) is 0 Å². The van der Waals surface area contributed by atoms with Gasteiger partial charge in [0.25, 0.3) is 5.91 Å². The van der Waals surface area contributed by atoms with Crippen LogP contribution in [0.2, 0.25) is 0 Å². The third-order valence-corrected chi connectivity index (χ3v) is 5.47. The second-order valence-corrected chi connectivity index (χ2v) is 7.53. The highest BCUT2D eigenvalue weighted by atomic mass is 19.1. The fraction of sp³-hybridized carbons (Fsp3) is 0.182. The molecule has 4 heterocycles. The van der Waals surface area contributed by atoms with Gasteiger partial charge in [-0.2, -0.15) is 0 Å². The van der Waals surface area contributed by atoms with Gasteiger partial charge in [0.1, 0.15) is 34.9 Å². The van der Waals surface area contributed by atoms with E-state index in [0.29, 0.717) is 40.1 Å². The molecule has 4 aromatic heterocycles. The van der Waals surface area contributed by atoms with Gasteiger partial charge >= 0.3 is 0 Å². The maximum Gasteiger partial charge on any atom is 0.257 e. The summed E-state index contributed by atoms with van der Waals surface area (Å²) in [4.78, 5) is 27.7. The lowest BCUT2D eigenvalue weighted by Gasteiger charge is -2.20. The third kappa shape index (κ3) is 3.11. The van der Waals surface area contributed by atoms with Crippen LogP contribution in [0.5, 0.6) is 0 Å². The number of fused-ring (bicyclic) bond motifs is 4. The number of halogens is 2. The Hall–Kier alpha value is -4.08. The van der Waals surface area contributed by atoms with Gasteiger partial charge < -0.3 is 15.0 Å². The Labute approximate surface area is 180 Å². The molecule has 0 fully saturated rings. The van der Waals surface area contributed by atoms with Crippen molar-refractivity contribution >= 4 is 33.9 Å². The number of anilines is 1. The summed E-state index contributed by atoms with van der Waals surface area (Å²) in [7, 11) is 0. The number of aromatic nitrogens is 5. The average molecular weight is 435 g/mol. The van der Waals surface area contributed by atoms with Gasteiger partial charge in [-0.3, -0.25) is 9.20 Å². The number of carbonyl (C=O) groups is 1. The smallest absolute Gasteiger partial charge is 0.257 e. The molecule has 10 heteroatoms. The second kappa shape index (κ2) is 7.26. The number of rotatable bonds is 4.